The second kappa shape index (κ2) is 6.80. The normalized spacial score (nSPS) is 21.2. The first kappa shape index (κ1) is 14.2. The van der Waals surface area contributed by atoms with Gasteiger partial charge in [-0.25, -0.2) is 0 Å². The van der Waals surface area contributed by atoms with Crippen LogP contribution in [0.15, 0.2) is 24.3 Å². The van der Waals surface area contributed by atoms with Crippen molar-refractivity contribution in [1.29, 1.82) is 0 Å². The summed E-state index contributed by atoms with van der Waals surface area (Å²) in [5, 5.41) is 2.94. The predicted molar refractivity (Wildman–Crippen MR) is 79.7 cm³/mol. The van der Waals surface area contributed by atoms with Gasteiger partial charge < -0.3 is 19.7 Å². The highest BCUT2D eigenvalue weighted by Crippen LogP contribution is 2.30. The Hall–Kier alpha value is -1.75. The van der Waals surface area contributed by atoms with Gasteiger partial charge in [0.05, 0.1) is 6.54 Å². The Balaban J connectivity index is 1.38. The first-order valence-corrected chi connectivity index (χ1v) is 7.69. The van der Waals surface area contributed by atoms with Crippen molar-refractivity contribution in [1.82, 2.24) is 10.2 Å². The van der Waals surface area contributed by atoms with Gasteiger partial charge in [-0.05, 0) is 38.1 Å². The van der Waals surface area contributed by atoms with E-state index < -0.39 is 0 Å². The molecule has 0 bridgehead atoms. The van der Waals surface area contributed by atoms with Gasteiger partial charge in [0, 0.05) is 13.0 Å². The standard InChI is InChI=1S/C16H22N2O3/c19-16(7-10-18-8-3-4-9-18)17-11-13-12-20-14-5-1-2-6-15(14)21-13/h1-2,5-6,13H,3-4,7-12H2,(H,17,19)/t13-/m0/s1. The van der Waals surface area contributed by atoms with Gasteiger partial charge in [0.1, 0.15) is 12.7 Å². The van der Waals surface area contributed by atoms with E-state index in [2.05, 4.69) is 10.2 Å². The Kier molecular flexibility index (Phi) is 4.60. The van der Waals surface area contributed by atoms with Gasteiger partial charge in [-0.2, -0.15) is 0 Å². The molecule has 5 heteroatoms. The molecular weight excluding hydrogens is 268 g/mol. The third-order valence-electron chi connectivity index (χ3n) is 3.95. The van der Waals surface area contributed by atoms with Gasteiger partial charge in [-0.15, -0.1) is 0 Å². The summed E-state index contributed by atoms with van der Waals surface area (Å²) in [6.07, 6.45) is 2.96. The summed E-state index contributed by atoms with van der Waals surface area (Å²) in [6.45, 7) is 4.08. The highest BCUT2D eigenvalue weighted by atomic mass is 16.6. The molecule has 1 fully saturated rings. The molecule has 1 amide bonds. The molecule has 1 aromatic carbocycles. The van der Waals surface area contributed by atoms with E-state index in [1.807, 2.05) is 24.3 Å². The average molecular weight is 290 g/mol. The number of nitrogens with one attached hydrogen (secondary N) is 1. The zero-order valence-electron chi connectivity index (χ0n) is 12.2. The van der Waals surface area contributed by atoms with Crippen molar-refractivity contribution >= 4 is 5.91 Å². The number of likely N-dealkylation sites (tertiary alicyclic amines) is 1. The summed E-state index contributed by atoms with van der Waals surface area (Å²) in [6, 6.07) is 7.61. The number of hydrogen-bond acceptors (Lipinski definition) is 4. The van der Waals surface area contributed by atoms with Crippen LogP contribution >= 0.6 is 0 Å². The topological polar surface area (TPSA) is 50.8 Å². The predicted octanol–water partition coefficient (Wildman–Crippen LogP) is 1.43. The fourth-order valence-electron chi connectivity index (χ4n) is 2.75. The molecule has 2 heterocycles. The van der Waals surface area contributed by atoms with E-state index in [4.69, 9.17) is 9.47 Å². The van der Waals surface area contributed by atoms with Crippen molar-refractivity contribution in [3.8, 4) is 11.5 Å². The number of carbonyl (C=O) groups is 1. The quantitative estimate of drug-likeness (QED) is 0.891. The van der Waals surface area contributed by atoms with Crippen LogP contribution in [-0.2, 0) is 4.79 Å². The number of ether oxygens (including phenoxy) is 2. The molecule has 2 aliphatic heterocycles. The maximum atomic E-state index is 11.9. The molecule has 0 spiro atoms. The molecule has 0 saturated carbocycles. The number of fused-ring (bicyclic) bond motifs is 1. The number of amides is 1. The number of nitrogens with zero attached hydrogens (tertiary/aromatic N) is 1. The second-order valence-corrected chi connectivity index (χ2v) is 5.60. The molecule has 1 saturated heterocycles. The minimum atomic E-state index is -0.115. The van der Waals surface area contributed by atoms with E-state index in [1.165, 1.54) is 12.8 Å². The zero-order chi connectivity index (χ0) is 14.5. The van der Waals surface area contributed by atoms with Crippen LogP contribution in [0.4, 0.5) is 0 Å². The number of hydrogen-bond donors (Lipinski definition) is 1. The van der Waals surface area contributed by atoms with Crippen LogP contribution in [0.3, 0.4) is 0 Å². The Bertz CT molecular complexity index is 486. The molecule has 1 atom stereocenters. The smallest absolute Gasteiger partial charge is 0.221 e. The summed E-state index contributed by atoms with van der Waals surface area (Å²) in [5.41, 5.74) is 0. The fraction of sp³-hybridized carbons (Fsp3) is 0.562. The van der Waals surface area contributed by atoms with Gasteiger partial charge in [-0.3, -0.25) is 4.79 Å². The first-order chi connectivity index (χ1) is 10.3. The molecule has 0 aliphatic carbocycles. The highest BCUT2D eigenvalue weighted by molar-refractivity contribution is 5.76. The van der Waals surface area contributed by atoms with Gasteiger partial charge >= 0.3 is 0 Å². The Morgan fingerprint density at radius 2 is 2.00 bits per heavy atom. The van der Waals surface area contributed by atoms with Gasteiger partial charge in [-0.1, -0.05) is 12.1 Å². The molecule has 21 heavy (non-hydrogen) atoms. The Morgan fingerprint density at radius 3 is 2.81 bits per heavy atom. The van der Waals surface area contributed by atoms with Crippen molar-refractivity contribution < 1.29 is 14.3 Å². The van der Waals surface area contributed by atoms with Crippen molar-refractivity contribution in [2.75, 3.05) is 32.8 Å². The third kappa shape index (κ3) is 3.88. The summed E-state index contributed by atoms with van der Waals surface area (Å²) in [5.74, 6) is 1.61. The van der Waals surface area contributed by atoms with Crippen LogP contribution in [0.25, 0.3) is 0 Å². The van der Waals surface area contributed by atoms with Crippen molar-refractivity contribution in [2.24, 2.45) is 0 Å². The Labute approximate surface area is 125 Å². The molecule has 114 valence electrons. The fourth-order valence-corrected chi connectivity index (χ4v) is 2.75. The molecule has 2 aliphatic rings. The van der Waals surface area contributed by atoms with E-state index in [-0.39, 0.29) is 12.0 Å². The number of carbonyl (C=O) groups excluding carboxylic acids is 1. The third-order valence-corrected chi connectivity index (χ3v) is 3.95. The summed E-state index contributed by atoms with van der Waals surface area (Å²) in [7, 11) is 0. The van der Waals surface area contributed by atoms with E-state index in [0.717, 1.165) is 31.1 Å². The van der Waals surface area contributed by atoms with Crippen LogP contribution in [0, 0.1) is 0 Å². The molecule has 1 N–H and O–H groups in total. The summed E-state index contributed by atoms with van der Waals surface area (Å²) >= 11 is 0. The second-order valence-electron chi connectivity index (χ2n) is 5.60. The van der Waals surface area contributed by atoms with Crippen LogP contribution in [-0.4, -0.2) is 49.7 Å². The van der Waals surface area contributed by atoms with Crippen LogP contribution in [0.5, 0.6) is 11.5 Å². The zero-order valence-corrected chi connectivity index (χ0v) is 12.2. The SMILES string of the molecule is O=C(CCN1CCCC1)NC[C@H]1COc2ccccc2O1. The number of benzene rings is 1. The van der Waals surface area contributed by atoms with E-state index in [0.29, 0.717) is 19.6 Å². The maximum Gasteiger partial charge on any atom is 0.221 e. The largest absolute Gasteiger partial charge is 0.486 e. The molecule has 1 aromatic rings. The lowest BCUT2D eigenvalue weighted by Crippen LogP contribution is -2.41. The summed E-state index contributed by atoms with van der Waals surface area (Å²) in [4.78, 5) is 14.2. The van der Waals surface area contributed by atoms with Crippen molar-refractivity contribution in [3.05, 3.63) is 24.3 Å². The highest BCUT2D eigenvalue weighted by Gasteiger charge is 2.21. The Morgan fingerprint density at radius 1 is 1.24 bits per heavy atom. The van der Waals surface area contributed by atoms with E-state index in [1.54, 1.807) is 0 Å². The molecule has 5 nitrogen and oxygen atoms in total. The van der Waals surface area contributed by atoms with Gasteiger partial charge in [0.15, 0.2) is 11.5 Å². The lowest BCUT2D eigenvalue weighted by Gasteiger charge is -2.26. The molecular formula is C16H22N2O3. The van der Waals surface area contributed by atoms with Crippen LogP contribution < -0.4 is 14.8 Å². The lowest BCUT2D eigenvalue weighted by molar-refractivity contribution is -0.121. The molecule has 0 aromatic heterocycles. The maximum absolute atomic E-state index is 11.9. The minimum Gasteiger partial charge on any atom is -0.486 e. The van der Waals surface area contributed by atoms with Gasteiger partial charge in [0.2, 0.25) is 5.91 Å². The molecule has 0 unspecified atom stereocenters. The van der Waals surface area contributed by atoms with Crippen LogP contribution in [0.2, 0.25) is 0 Å². The van der Waals surface area contributed by atoms with E-state index in [9.17, 15) is 4.79 Å². The van der Waals surface area contributed by atoms with Gasteiger partial charge in [0.25, 0.3) is 0 Å². The minimum absolute atomic E-state index is 0.0874. The molecule has 0 radical (unpaired) electrons. The van der Waals surface area contributed by atoms with Crippen LogP contribution in [0.1, 0.15) is 19.3 Å². The van der Waals surface area contributed by atoms with Crippen molar-refractivity contribution in [3.63, 3.8) is 0 Å². The lowest BCUT2D eigenvalue weighted by atomic mass is 10.2. The number of para-hydroxylation sites is 2. The number of rotatable bonds is 5. The monoisotopic (exact) mass is 290 g/mol. The molecule has 3 rings (SSSR count). The van der Waals surface area contributed by atoms with Crippen molar-refractivity contribution in [2.45, 2.75) is 25.4 Å². The first-order valence-electron chi connectivity index (χ1n) is 7.69. The average Bonchev–Trinajstić information content (AvgIpc) is 3.04. The van der Waals surface area contributed by atoms with E-state index >= 15 is 0 Å². The summed E-state index contributed by atoms with van der Waals surface area (Å²) < 4.78 is 11.4.